The van der Waals surface area contributed by atoms with Gasteiger partial charge in [0.2, 0.25) is 5.78 Å². The van der Waals surface area contributed by atoms with Crippen LogP contribution in [-0.4, -0.2) is 23.7 Å². The maximum atomic E-state index is 11.7. The van der Waals surface area contributed by atoms with Gasteiger partial charge in [-0.2, -0.15) is 0 Å². The molecule has 0 atom stereocenters. The predicted octanol–water partition coefficient (Wildman–Crippen LogP) is 2.03. The van der Waals surface area contributed by atoms with E-state index in [-0.39, 0.29) is 0 Å². The maximum absolute atomic E-state index is 11.7. The van der Waals surface area contributed by atoms with Crippen molar-refractivity contribution in [3.05, 3.63) is 30.0 Å². The zero-order valence-corrected chi connectivity index (χ0v) is 10.1. The number of amides is 1. The highest BCUT2D eigenvalue weighted by Crippen LogP contribution is 2.29. The molecule has 88 valence electrons. The minimum absolute atomic E-state index is 0.461. The van der Waals surface area contributed by atoms with Crippen molar-refractivity contribution in [1.82, 2.24) is 4.98 Å². The third kappa shape index (κ3) is 1.82. The van der Waals surface area contributed by atoms with Crippen LogP contribution in [0.4, 0.5) is 5.69 Å². The Balaban J connectivity index is 2.58. The van der Waals surface area contributed by atoms with Crippen molar-refractivity contribution in [1.29, 1.82) is 0 Å². The van der Waals surface area contributed by atoms with E-state index in [1.165, 1.54) is 11.8 Å². The summed E-state index contributed by atoms with van der Waals surface area (Å²) < 4.78 is 0. The lowest BCUT2D eigenvalue weighted by molar-refractivity contribution is -0.134. The summed E-state index contributed by atoms with van der Waals surface area (Å²) in [7, 11) is 1.62. The average Bonchev–Trinajstić information content (AvgIpc) is 2.62. The van der Waals surface area contributed by atoms with Gasteiger partial charge < -0.3 is 9.88 Å². The molecule has 0 unspecified atom stereocenters. The highest BCUT2D eigenvalue weighted by molar-refractivity contribution is 6.41. The van der Waals surface area contributed by atoms with Crippen LogP contribution in [0.5, 0.6) is 0 Å². The Morgan fingerprint density at radius 1 is 1.24 bits per heavy atom. The quantitative estimate of drug-likeness (QED) is 0.802. The van der Waals surface area contributed by atoms with E-state index < -0.39 is 11.7 Å². The molecule has 2 aromatic rings. The second kappa shape index (κ2) is 4.05. The van der Waals surface area contributed by atoms with Gasteiger partial charge >= 0.3 is 0 Å². The molecular formula is C13H14N2O2. The standard InChI is InChI=1S/C13H14N2O2/c1-8-12(15(3)13(17)9(2)16)10-6-4-5-7-11(10)14-8/h4-7,14H,1-3H3. The van der Waals surface area contributed by atoms with Crippen molar-refractivity contribution in [2.75, 3.05) is 11.9 Å². The number of aromatic nitrogens is 1. The van der Waals surface area contributed by atoms with Crippen LogP contribution in [0, 0.1) is 6.92 Å². The summed E-state index contributed by atoms with van der Waals surface area (Å²) in [6.07, 6.45) is 0. The monoisotopic (exact) mass is 230 g/mol. The van der Waals surface area contributed by atoms with Crippen LogP contribution in [0.2, 0.25) is 0 Å². The molecular weight excluding hydrogens is 216 g/mol. The van der Waals surface area contributed by atoms with Crippen LogP contribution >= 0.6 is 0 Å². The molecule has 0 saturated heterocycles. The number of nitrogens with zero attached hydrogens (tertiary/aromatic N) is 1. The third-order valence-electron chi connectivity index (χ3n) is 2.80. The van der Waals surface area contributed by atoms with Gasteiger partial charge in [-0.3, -0.25) is 9.59 Å². The molecule has 4 nitrogen and oxygen atoms in total. The molecule has 0 saturated carbocycles. The second-order valence-corrected chi connectivity index (χ2v) is 4.06. The number of carbonyl (C=O) groups excluding carboxylic acids is 2. The van der Waals surface area contributed by atoms with Gasteiger partial charge in [-0.25, -0.2) is 0 Å². The SMILES string of the molecule is CC(=O)C(=O)N(C)c1c(C)[nH]c2ccccc12. The van der Waals surface area contributed by atoms with E-state index in [4.69, 9.17) is 0 Å². The Morgan fingerprint density at radius 2 is 1.88 bits per heavy atom. The van der Waals surface area contributed by atoms with E-state index in [0.29, 0.717) is 0 Å². The number of anilines is 1. The number of Topliss-reactive ketones (excluding diaryl/α,β-unsaturated/α-hetero) is 1. The van der Waals surface area contributed by atoms with Crippen LogP contribution in [0.15, 0.2) is 24.3 Å². The second-order valence-electron chi connectivity index (χ2n) is 4.06. The summed E-state index contributed by atoms with van der Waals surface area (Å²) in [5.74, 6) is -0.963. The number of benzene rings is 1. The number of ketones is 1. The molecule has 0 spiro atoms. The fourth-order valence-corrected chi connectivity index (χ4v) is 2.03. The molecule has 0 aliphatic rings. The molecule has 1 aromatic carbocycles. The number of aromatic amines is 1. The van der Waals surface area contributed by atoms with Crippen LogP contribution in [0.1, 0.15) is 12.6 Å². The first-order valence-electron chi connectivity index (χ1n) is 5.38. The van der Waals surface area contributed by atoms with Crippen molar-refractivity contribution in [3.8, 4) is 0 Å². The van der Waals surface area contributed by atoms with Gasteiger partial charge in [0, 0.05) is 30.6 Å². The topological polar surface area (TPSA) is 53.2 Å². The fraction of sp³-hybridized carbons (Fsp3) is 0.231. The smallest absolute Gasteiger partial charge is 0.293 e. The molecule has 0 bridgehead atoms. The molecule has 0 radical (unpaired) electrons. The highest BCUT2D eigenvalue weighted by Gasteiger charge is 2.20. The molecule has 17 heavy (non-hydrogen) atoms. The lowest BCUT2D eigenvalue weighted by Crippen LogP contribution is -2.31. The maximum Gasteiger partial charge on any atom is 0.293 e. The molecule has 1 heterocycles. The number of likely N-dealkylation sites (N-methyl/N-ethyl adjacent to an activating group) is 1. The number of rotatable bonds is 2. The Labute approximate surface area is 99.2 Å². The van der Waals surface area contributed by atoms with E-state index >= 15 is 0 Å². The first kappa shape index (κ1) is 11.4. The number of para-hydroxylation sites is 1. The van der Waals surface area contributed by atoms with Gasteiger partial charge in [-0.05, 0) is 13.0 Å². The number of aryl methyl sites for hydroxylation is 1. The molecule has 4 heteroatoms. The molecule has 1 aromatic heterocycles. The van der Waals surface area contributed by atoms with Crippen LogP contribution in [0.3, 0.4) is 0 Å². The van der Waals surface area contributed by atoms with Crippen molar-refractivity contribution < 1.29 is 9.59 Å². The molecule has 1 amide bonds. The number of nitrogens with one attached hydrogen (secondary N) is 1. The number of hydrogen-bond acceptors (Lipinski definition) is 2. The molecule has 0 fully saturated rings. The molecule has 0 aliphatic carbocycles. The first-order chi connectivity index (χ1) is 8.02. The van der Waals surface area contributed by atoms with Gasteiger partial charge in [-0.15, -0.1) is 0 Å². The third-order valence-corrected chi connectivity index (χ3v) is 2.80. The Bertz CT molecular complexity index is 598. The van der Waals surface area contributed by atoms with Crippen molar-refractivity contribution in [2.24, 2.45) is 0 Å². The van der Waals surface area contributed by atoms with Gasteiger partial charge in [0.1, 0.15) is 0 Å². The van der Waals surface area contributed by atoms with Gasteiger partial charge in [0.15, 0.2) is 0 Å². The van der Waals surface area contributed by atoms with Crippen molar-refractivity contribution in [2.45, 2.75) is 13.8 Å². The average molecular weight is 230 g/mol. The summed E-state index contributed by atoms with van der Waals surface area (Å²) in [5, 5.41) is 0.946. The van der Waals surface area contributed by atoms with Crippen LogP contribution in [-0.2, 0) is 9.59 Å². The van der Waals surface area contributed by atoms with E-state index in [1.807, 2.05) is 31.2 Å². The Hall–Kier alpha value is -2.10. The molecule has 1 N–H and O–H groups in total. The van der Waals surface area contributed by atoms with E-state index in [2.05, 4.69) is 4.98 Å². The summed E-state index contributed by atoms with van der Waals surface area (Å²) in [5.41, 5.74) is 2.60. The summed E-state index contributed by atoms with van der Waals surface area (Å²) in [6, 6.07) is 7.70. The Kier molecular flexibility index (Phi) is 2.71. The summed E-state index contributed by atoms with van der Waals surface area (Å²) in [4.78, 5) is 27.4. The number of hydrogen-bond donors (Lipinski definition) is 1. The Morgan fingerprint density at radius 3 is 2.53 bits per heavy atom. The van der Waals surface area contributed by atoms with Gasteiger partial charge in [-0.1, -0.05) is 18.2 Å². The summed E-state index contributed by atoms with van der Waals surface area (Å²) >= 11 is 0. The molecule has 0 aliphatic heterocycles. The fourth-order valence-electron chi connectivity index (χ4n) is 2.03. The minimum Gasteiger partial charge on any atom is -0.357 e. The van der Waals surface area contributed by atoms with Crippen LogP contribution < -0.4 is 4.90 Å². The largest absolute Gasteiger partial charge is 0.357 e. The molecule has 2 rings (SSSR count). The summed E-state index contributed by atoms with van der Waals surface area (Å²) in [6.45, 7) is 3.17. The number of H-pyrrole nitrogens is 1. The van der Waals surface area contributed by atoms with Crippen LogP contribution in [0.25, 0.3) is 10.9 Å². The first-order valence-corrected chi connectivity index (χ1v) is 5.38. The predicted molar refractivity (Wildman–Crippen MR) is 67.1 cm³/mol. The lowest BCUT2D eigenvalue weighted by Gasteiger charge is -2.15. The lowest BCUT2D eigenvalue weighted by atomic mass is 10.2. The normalized spacial score (nSPS) is 10.5. The highest BCUT2D eigenvalue weighted by atomic mass is 16.2. The minimum atomic E-state index is -0.502. The zero-order valence-electron chi connectivity index (χ0n) is 10.1. The van der Waals surface area contributed by atoms with E-state index in [1.54, 1.807) is 7.05 Å². The van der Waals surface area contributed by atoms with Crippen molar-refractivity contribution in [3.63, 3.8) is 0 Å². The van der Waals surface area contributed by atoms with Gasteiger partial charge in [0.25, 0.3) is 5.91 Å². The number of fused-ring (bicyclic) bond motifs is 1. The van der Waals surface area contributed by atoms with E-state index in [0.717, 1.165) is 22.3 Å². The van der Waals surface area contributed by atoms with Gasteiger partial charge in [0.05, 0.1) is 5.69 Å². The van der Waals surface area contributed by atoms with E-state index in [9.17, 15) is 9.59 Å². The van der Waals surface area contributed by atoms with Crippen molar-refractivity contribution >= 4 is 28.3 Å². The zero-order chi connectivity index (χ0) is 12.6. The number of carbonyl (C=O) groups is 2.